The number of nitrogens with two attached hydrogens (primary N) is 1. The highest BCUT2D eigenvalue weighted by atomic mass is 16.6. The van der Waals surface area contributed by atoms with Crippen molar-refractivity contribution in [3.63, 3.8) is 0 Å². The van der Waals surface area contributed by atoms with E-state index in [0.717, 1.165) is 13.0 Å². The molecule has 126 valence electrons. The molecule has 0 saturated heterocycles. The summed E-state index contributed by atoms with van der Waals surface area (Å²) in [5.74, 6) is 0.697. The lowest BCUT2D eigenvalue weighted by Crippen LogP contribution is -2.13. The predicted molar refractivity (Wildman–Crippen MR) is 88.3 cm³/mol. The second-order valence-corrected chi connectivity index (χ2v) is 4.93. The Bertz CT molecular complexity index is 373. The third-order valence-corrected chi connectivity index (χ3v) is 3.04. The molecular weight excluding hydrogens is 282 g/mol. The van der Waals surface area contributed by atoms with Gasteiger partial charge in [0.25, 0.3) is 0 Å². The van der Waals surface area contributed by atoms with E-state index in [9.17, 15) is 0 Å². The van der Waals surface area contributed by atoms with E-state index in [1.54, 1.807) is 0 Å². The van der Waals surface area contributed by atoms with E-state index < -0.39 is 0 Å². The number of unbranched alkanes of at least 4 members (excludes halogenated alkanes) is 2. The lowest BCUT2D eigenvalue weighted by molar-refractivity contribution is 0.00886. The highest BCUT2D eigenvalue weighted by Gasteiger charge is 1.98. The summed E-state index contributed by atoms with van der Waals surface area (Å²) in [6.45, 7) is 6.42. The zero-order valence-corrected chi connectivity index (χ0v) is 13.6. The number of ether oxygens (including phenoxy) is 4. The van der Waals surface area contributed by atoms with Crippen molar-refractivity contribution in [2.75, 3.05) is 52.0 Å². The van der Waals surface area contributed by atoms with Crippen LogP contribution in [0.3, 0.4) is 0 Å². The molecule has 0 bridgehead atoms. The Hall–Kier alpha value is -1.30. The van der Waals surface area contributed by atoms with Crippen LogP contribution in [0.15, 0.2) is 24.3 Å². The second-order valence-electron chi connectivity index (χ2n) is 4.93. The zero-order valence-electron chi connectivity index (χ0n) is 13.6. The Labute approximate surface area is 133 Å². The molecule has 1 rings (SSSR count). The lowest BCUT2D eigenvalue weighted by atomic mass is 10.3. The van der Waals surface area contributed by atoms with Gasteiger partial charge in [0, 0.05) is 6.61 Å². The maximum atomic E-state index is 5.77. The van der Waals surface area contributed by atoms with Crippen molar-refractivity contribution in [1.29, 1.82) is 0 Å². The van der Waals surface area contributed by atoms with Crippen molar-refractivity contribution >= 4 is 5.69 Å². The van der Waals surface area contributed by atoms with E-state index in [1.807, 2.05) is 24.3 Å². The Balaban J connectivity index is 1.81. The molecule has 0 saturated carbocycles. The number of nitrogen functional groups attached to an aromatic ring is 1. The van der Waals surface area contributed by atoms with Crippen molar-refractivity contribution in [3.8, 4) is 5.75 Å². The first kappa shape index (κ1) is 18.7. The minimum absolute atomic E-state index is 0.481. The monoisotopic (exact) mass is 311 g/mol. The second kappa shape index (κ2) is 13.4. The molecule has 5 nitrogen and oxygen atoms in total. The van der Waals surface area contributed by atoms with Gasteiger partial charge in [-0.25, -0.2) is 0 Å². The van der Waals surface area contributed by atoms with Gasteiger partial charge in [0.1, 0.15) is 12.4 Å². The van der Waals surface area contributed by atoms with Crippen LogP contribution in [0, 0.1) is 0 Å². The van der Waals surface area contributed by atoms with Crippen LogP contribution in [0.25, 0.3) is 0 Å². The average molecular weight is 311 g/mol. The summed E-state index contributed by atoms with van der Waals surface area (Å²) in [7, 11) is 0. The van der Waals surface area contributed by atoms with Gasteiger partial charge < -0.3 is 24.7 Å². The van der Waals surface area contributed by atoms with Crippen LogP contribution in [-0.4, -0.2) is 46.2 Å². The highest BCUT2D eigenvalue weighted by molar-refractivity contribution is 5.51. The largest absolute Gasteiger partial charge is 0.489 e. The van der Waals surface area contributed by atoms with Gasteiger partial charge >= 0.3 is 0 Å². The normalized spacial score (nSPS) is 10.8. The molecule has 0 spiro atoms. The lowest BCUT2D eigenvalue weighted by Gasteiger charge is -2.09. The van der Waals surface area contributed by atoms with Crippen molar-refractivity contribution in [1.82, 2.24) is 0 Å². The van der Waals surface area contributed by atoms with Gasteiger partial charge in [-0.05, 0) is 18.6 Å². The van der Waals surface area contributed by atoms with Crippen molar-refractivity contribution in [3.05, 3.63) is 24.3 Å². The van der Waals surface area contributed by atoms with E-state index in [2.05, 4.69) is 6.92 Å². The highest BCUT2D eigenvalue weighted by Crippen LogP contribution is 2.19. The molecule has 1 aromatic carbocycles. The smallest absolute Gasteiger partial charge is 0.142 e. The first-order valence-electron chi connectivity index (χ1n) is 8.05. The molecule has 0 aromatic heterocycles. The molecule has 0 heterocycles. The summed E-state index contributed by atoms with van der Waals surface area (Å²) in [5, 5.41) is 0. The molecule has 0 radical (unpaired) electrons. The third-order valence-electron chi connectivity index (χ3n) is 3.04. The van der Waals surface area contributed by atoms with E-state index in [1.165, 1.54) is 12.8 Å². The first-order valence-corrected chi connectivity index (χ1v) is 8.05. The van der Waals surface area contributed by atoms with Gasteiger partial charge in [0.2, 0.25) is 0 Å². The maximum Gasteiger partial charge on any atom is 0.142 e. The molecule has 0 amide bonds. The van der Waals surface area contributed by atoms with Crippen molar-refractivity contribution in [2.45, 2.75) is 26.2 Å². The van der Waals surface area contributed by atoms with Crippen LogP contribution >= 0.6 is 0 Å². The Morgan fingerprint density at radius 3 is 2.00 bits per heavy atom. The molecule has 0 fully saturated rings. The average Bonchev–Trinajstić information content (AvgIpc) is 2.53. The quantitative estimate of drug-likeness (QED) is 0.423. The van der Waals surface area contributed by atoms with Gasteiger partial charge in [-0.1, -0.05) is 31.9 Å². The molecule has 0 unspecified atom stereocenters. The van der Waals surface area contributed by atoms with Gasteiger partial charge in [-0.3, -0.25) is 0 Å². The van der Waals surface area contributed by atoms with Crippen LogP contribution < -0.4 is 10.5 Å². The van der Waals surface area contributed by atoms with E-state index in [4.69, 9.17) is 24.7 Å². The summed E-state index contributed by atoms with van der Waals surface area (Å²) < 4.78 is 21.8. The van der Waals surface area contributed by atoms with Crippen LogP contribution in [0.1, 0.15) is 26.2 Å². The fourth-order valence-corrected chi connectivity index (χ4v) is 1.82. The number of anilines is 1. The maximum absolute atomic E-state index is 5.77. The van der Waals surface area contributed by atoms with Gasteiger partial charge in [0.05, 0.1) is 38.7 Å². The van der Waals surface area contributed by atoms with Gasteiger partial charge in [0.15, 0.2) is 0 Å². The minimum atomic E-state index is 0.481. The van der Waals surface area contributed by atoms with Gasteiger partial charge in [-0.2, -0.15) is 0 Å². The number of para-hydroxylation sites is 2. The molecule has 22 heavy (non-hydrogen) atoms. The summed E-state index contributed by atoms with van der Waals surface area (Å²) >= 11 is 0. The Morgan fingerprint density at radius 2 is 1.36 bits per heavy atom. The van der Waals surface area contributed by atoms with Crippen LogP contribution in [-0.2, 0) is 14.2 Å². The molecule has 1 aromatic rings. The molecule has 0 aliphatic heterocycles. The first-order chi connectivity index (χ1) is 10.8. The summed E-state index contributed by atoms with van der Waals surface area (Å²) in [4.78, 5) is 0. The summed E-state index contributed by atoms with van der Waals surface area (Å²) in [5.41, 5.74) is 6.41. The summed E-state index contributed by atoms with van der Waals surface area (Å²) in [6.07, 6.45) is 3.58. The van der Waals surface area contributed by atoms with Crippen molar-refractivity contribution < 1.29 is 18.9 Å². The molecule has 0 aliphatic rings. The minimum Gasteiger partial charge on any atom is -0.489 e. The fraction of sp³-hybridized carbons (Fsp3) is 0.647. The Kier molecular flexibility index (Phi) is 11.4. The van der Waals surface area contributed by atoms with Crippen LogP contribution in [0.4, 0.5) is 5.69 Å². The van der Waals surface area contributed by atoms with E-state index in [-0.39, 0.29) is 0 Å². The molecule has 5 heteroatoms. The SMILES string of the molecule is CCCCCOCCOCCOCCOc1ccccc1N. The number of rotatable bonds is 14. The predicted octanol–water partition coefficient (Wildman–Crippen LogP) is 2.89. The molecule has 2 N–H and O–H groups in total. The summed E-state index contributed by atoms with van der Waals surface area (Å²) in [6, 6.07) is 7.43. The third kappa shape index (κ3) is 9.60. The van der Waals surface area contributed by atoms with Crippen LogP contribution in [0.2, 0.25) is 0 Å². The van der Waals surface area contributed by atoms with Crippen molar-refractivity contribution in [2.24, 2.45) is 0 Å². The fourth-order valence-electron chi connectivity index (χ4n) is 1.82. The molecule has 0 atom stereocenters. The van der Waals surface area contributed by atoms with E-state index in [0.29, 0.717) is 51.1 Å². The number of benzene rings is 1. The number of hydrogen-bond donors (Lipinski definition) is 1. The van der Waals surface area contributed by atoms with Gasteiger partial charge in [-0.15, -0.1) is 0 Å². The van der Waals surface area contributed by atoms with E-state index >= 15 is 0 Å². The topological polar surface area (TPSA) is 62.9 Å². The molecule has 0 aliphatic carbocycles. The zero-order chi connectivity index (χ0) is 15.9. The van der Waals surface area contributed by atoms with Crippen LogP contribution in [0.5, 0.6) is 5.75 Å². The standard InChI is InChI=1S/C17H29NO4/c1-2-3-6-9-19-10-11-20-12-13-21-14-15-22-17-8-5-4-7-16(17)18/h4-5,7-8H,2-3,6,9-15,18H2,1H3. The molecular formula is C17H29NO4. The Morgan fingerprint density at radius 1 is 0.773 bits per heavy atom. The number of hydrogen-bond acceptors (Lipinski definition) is 5.